The largest absolute Gasteiger partial charge is 0.395 e. The number of aliphatic hydroxyl groups is 1. The van der Waals surface area contributed by atoms with Gasteiger partial charge >= 0.3 is 0 Å². The van der Waals surface area contributed by atoms with Crippen molar-refractivity contribution in [2.24, 2.45) is 11.8 Å². The van der Waals surface area contributed by atoms with E-state index in [4.69, 9.17) is 0 Å². The first-order chi connectivity index (χ1) is 12.0. The standard InChI is InChI=1S/C23H49NO/c1-21(2)16-12-8-6-10-14-18-24(23(5)20-25)19-15-11-7-9-13-17-22(3)4/h21-23,25H,6-20H2,1-5H3. The Bertz CT molecular complexity index is 243. The summed E-state index contributed by atoms with van der Waals surface area (Å²) in [7, 11) is 0. The molecule has 1 unspecified atom stereocenters. The quantitative estimate of drug-likeness (QED) is 0.278. The normalized spacial score (nSPS) is 13.3. The van der Waals surface area contributed by atoms with Crippen LogP contribution in [0.15, 0.2) is 0 Å². The van der Waals surface area contributed by atoms with Crippen LogP contribution in [0.1, 0.15) is 112 Å². The predicted molar refractivity (Wildman–Crippen MR) is 113 cm³/mol. The molecule has 0 rings (SSSR count). The van der Waals surface area contributed by atoms with Crippen molar-refractivity contribution in [3.05, 3.63) is 0 Å². The molecule has 0 aliphatic heterocycles. The van der Waals surface area contributed by atoms with E-state index in [1.54, 1.807) is 0 Å². The molecule has 152 valence electrons. The van der Waals surface area contributed by atoms with Gasteiger partial charge in [-0.05, 0) is 44.7 Å². The summed E-state index contributed by atoms with van der Waals surface area (Å²) >= 11 is 0. The van der Waals surface area contributed by atoms with Gasteiger partial charge in [-0.15, -0.1) is 0 Å². The summed E-state index contributed by atoms with van der Waals surface area (Å²) in [4.78, 5) is 2.52. The molecule has 2 nitrogen and oxygen atoms in total. The van der Waals surface area contributed by atoms with Crippen LogP contribution < -0.4 is 0 Å². The average molecular weight is 356 g/mol. The van der Waals surface area contributed by atoms with Gasteiger partial charge in [0.05, 0.1) is 6.61 Å². The van der Waals surface area contributed by atoms with Crippen LogP contribution in [0.2, 0.25) is 0 Å². The van der Waals surface area contributed by atoms with Gasteiger partial charge in [0.1, 0.15) is 0 Å². The number of rotatable bonds is 18. The Labute approximate surface area is 159 Å². The van der Waals surface area contributed by atoms with Gasteiger partial charge in [-0.1, -0.05) is 91.9 Å². The van der Waals surface area contributed by atoms with Crippen LogP contribution in [-0.2, 0) is 0 Å². The zero-order chi connectivity index (χ0) is 18.9. The summed E-state index contributed by atoms with van der Waals surface area (Å²) in [5.74, 6) is 1.71. The number of hydrogen-bond donors (Lipinski definition) is 1. The minimum atomic E-state index is 0.294. The highest BCUT2D eigenvalue weighted by molar-refractivity contribution is 4.67. The maximum Gasteiger partial charge on any atom is 0.0584 e. The number of nitrogens with zero attached hydrogens (tertiary/aromatic N) is 1. The highest BCUT2D eigenvalue weighted by Crippen LogP contribution is 2.13. The van der Waals surface area contributed by atoms with Gasteiger partial charge in [-0.3, -0.25) is 4.90 Å². The van der Waals surface area contributed by atoms with E-state index in [2.05, 4.69) is 39.5 Å². The van der Waals surface area contributed by atoms with Gasteiger partial charge in [0.2, 0.25) is 0 Å². The van der Waals surface area contributed by atoms with E-state index >= 15 is 0 Å². The molecule has 0 aliphatic carbocycles. The van der Waals surface area contributed by atoms with E-state index in [-0.39, 0.29) is 0 Å². The van der Waals surface area contributed by atoms with Crippen molar-refractivity contribution < 1.29 is 5.11 Å². The molecule has 0 aromatic heterocycles. The molecule has 0 radical (unpaired) electrons. The third-order valence-electron chi connectivity index (χ3n) is 5.34. The first kappa shape index (κ1) is 24.9. The second kappa shape index (κ2) is 17.3. The third kappa shape index (κ3) is 17.1. The summed E-state index contributed by atoms with van der Waals surface area (Å²) in [6.45, 7) is 14.1. The molecule has 1 atom stereocenters. The zero-order valence-electron chi connectivity index (χ0n) is 18.2. The topological polar surface area (TPSA) is 23.5 Å². The fourth-order valence-corrected chi connectivity index (χ4v) is 3.46. The van der Waals surface area contributed by atoms with E-state index in [0.29, 0.717) is 12.6 Å². The van der Waals surface area contributed by atoms with Gasteiger partial charge in [0.15, 0.2) is 0 Å². The smallest absolute Gasteiger partial charge is 0.0584 e. The van der Waals surface area contributed by atoms with Gasteiger partial charge in [0, 0.05) is 6.04 Å². The predicted octanol–water partition coefficient (Wildman–Crippen LogP) is 6.66. The molecule has 0 aromatic carbocycles. The maximum absolute atomic E-state index is 9.51. The molecule has 1 N–H and O–H groups in total. The van der Waals surface area contributed by atoms with E-state index in [0.717, 1.165) is 11.8 Å². The molecule has 0 fully saturated rings. The average Bonchev–Trinajstić information content (AvgIpc) is 2.56. The molecule has 0 saturated carbocycles. The van der Waals surface area contributed by atoms with E-state index < -0.39 is 0 Å². The molecule has 25 heavy (non-hydrogen) atoms. The minimum Gasteiger partial charge on any atom is -0.395 e. The molecule has 0 saturated heterocycles. The summed E-state index contributed by atoms with van der Waals surface area (Å²) in [5, 5.41) is 9.51. The van der Waals surface area contributed by atoms with Crippen LogP contribution in [0.4, 0.5) is 0 Å². The van der Waals surface area contributed by atoms with Crippen LogP contribution in [-0.4, -0.2) is 35.7 Å². The van der Waals surface area contributed by atoms with Crippen molar-refractivity contribution in [2.75, 3.05) is 19.7 Å². The number of hydrogen-bond acceptors (Lipinski definition) is 2. The summed E-state index contributed by atoms with van der Waals surface area (Å²) in [6, 6.07) is 0.321. The van der Waals surface area contributed by atoms with Crippen LogP contribution in [0.5, 0.6) is 0 Å². The lowest BCUT2D eigenvalue weighted by Crippen LogP contribution is -2.37. The van der Waals surface area contributed by atoms with Gasteiger partial charge in [0.25, 0.3) is 0 Å². The second-order valence-corrected chi connectivity index (χ2v) is 8.97. The van der Waals surface area contributed by atoms with Crippen LogP contribution in [0.25, 0.3) is 0 Å². The van der Waals surface area contributed by atoms with Crippen molar-refractivity contribution in [2.45, 2.75) is 118 Å². The van der Waals surface area contributed by atoms with E-state index in [1.807, 2.05) is 0 Å². The zero-order valence-corrected chi connectivity index (χ0v) is 18.2. The van der Waals surface area contributed by atoms with Gasteiger partial charge in [-0.25, -0.2) is 0 Å². The fourth-order valence-electron chi connectivity index (χ4n) is 3.46. The van der Waals surface area contributed by atoms with E-state index in [9.17, 15) is 5.11 Å². The highest BCUT2D eigenvalue weighted by Gasteiger charge is 2.11. The highest BCUT2D eigenvalue weighted by atomic mass is 16.3. The van der Waals surface area contributed by atoms with Crippen LogP contribution >= 0.6 is 0 Å². The Kier molecular flexibility index (Phi) is 17.3. The first-order valence-electron chi connectivity index (χ1n) is 11.3. The van der Waals surface area contributed by atoms with Crippen molar-refractivity contribution in [1.82, 2.24) is 4.90 Å². The monoisotopic (exact) mass is 355 g/mol. The molecular weight excluding hydrogens is 306 g/mol. The Morgan fingerprint density at radius 1 is 0.560 bits per heavy atom. The molecular formula is C23H49NO. The molecule has 2 heteroatoms. The van der Waals surface area contributed by atoms with Crippen molar-refractivity contribution in [3.8, 4) is 0 Å². The SMILES string of the molecule is CC(C)CCCCCCCN(CCCCCCCC(C)C)C(C)CO. The molecule has 0 bridgehead atoms. The molecule has 0 spiro atoms. The van der Waals surface area contributed by atoms with Crippen LogP contribution in [0.3, 0.4) is 0 Å². The molecule has 0 heterocycles. The Morgan fingerprint density at radius 2 is 0.920 bits per heavy atom. The van der Waals surface area contributed by atoms with Gasteiger partial charge < -0.3 is 5.11 Å². The number of unbranched alkanes of at least 4 members (excludes halogenated alkanes) is 8. The Morgan fingerprint density at radius 3 is 1.28 bits per heavy atom. The van der Waals surface area contributed by atoms with Crippen LogP contribution in [0, 0.1) is 11.8 Å². The van der Waals surface area contributed by atoms with Crippen molar-refractivity contribution in [1.29, 1.82) is 0 Å². The third-order valence-corrected chi connectivity index (χ3v) is 5.34. The summed E-state index contributed by atoms with van der Waals surface area (Å²) < 4.78 is 0. The Hall–Kier alpha value is -0.0800. The Balaban J connectivity index is 3.69. The fraction of sp³-hybridized carbons (Fsp3) is 1.00. The molecule has 0 aliphatic rings. The second-order valence-electron chi connectivity index (χ2n) is 8.97. The molecule has 0 aromatic rings. The van der Waals surface area contributed by atoms with Crippen molar-refractivity contribution in [3.63, 3.8) is 0 Å². The van der Waals surface area contributed by atoms with E-state index in [1.165, 1.54) is 90.1 Å². The molecule has 0 amide bonds. The minimum absolute atomic E-state index is 0.294. The lowest BCUT2D eigenvalue weighted by Gasteiger charge is -2.27. The maximum atomic E-state index is 9.51. The van der Waals surface area contributed by atoms with Gasteiger partial charge in [-0.2, -0.15) is 0 Å². The summed E-state index contributed by atoms with van der Waals surface area (Å²) in [6.07, 6.45) is 16.4. The van der Waals surface area contributed by atoms with Crippen molar-refractivity contribution >= 4 is 0 Å². The lowest BCUT2D eigenvalue weighted by molar-refractivity contribution is 0.130. The summed E-state index contributed by atoms with van der Waals surface area (Å²) in [5.41, 5.74) is 0. The first-order valence-corrected chi connectivity index (χ1v) is 11.3. The lowest BCUT2D eigenvalue weighted by atomic mass is 10.0. The number of aliphatic hydroxyl groups excluding tert-OH is 1.